The summed E-state index contributed by atoms with van der Waals surface area (Å²) in [6, 6.07) is 12.5. The molecule has 1 aromatic carbocycles. The van der Waals surface area contributed by atoms with Gasteiger partial charge in [-0.3, -0.25) is 9.88 Å². The Morgan fingerprint density at radius 3 is 3.00 bits per heavy atom. The molecule has 0 unspecified atom stereocenters. The van der Waals surface area contributed by atoms with Gasteiger partial charge in [-0.05, 0) is 55.3 Å². The molecular formula is C20H24N4O. The van der Waals surface area contributed by atoms with E-state index >= 15 is 0 Å². The summed E-state index contributed by atoms with van der Waals surface area (Å²) < 4.78 is 5.20. The van der Waals surface area contributed by atoms with Crippen LogP contribution in [0, 0.1) is 17.2 Å². The third kappa shape index (κ3) is 3.98. The molecular weight excluding hydrogens is 312 g/mol. The minimum absolute atomic E-state index is 0.409. The van der Waals surface area contributed by atoms with E-state index in [1.165, 1.54) is 12.0 Å². The first-order valence-corrected chi connectivity index (χ1v) is 8.61. The molecule has 0 amide bonds. The molecule has 3 rings (SSSR count). The average Bonchev–Trinajstić information content (AvgIpc) is 3.02. The van der Waals surface area contributed by atoms with Crippen molar-refractivity contribution in [2.45, 2.75) is 19.0 Å². The minimum Gasteiger partial charge on any atom is -0.495 e. The Hall–Kier alpha value is -2.42. The molecule has 2 aromatic rings. The Morgan fingerprint density at radius 2 is 2.28 bits per heavy atom. The second kappa shape index (κ2) is 8.11. The molecule has 130 valence electrons. The molecule has 2 heterocycles. The van der Waals surface area contributed by atoms with Crippen LogP contribution in [0.2, 0.25) is 0 Å². The number of rotatable bonds is 6. The first-order chi connectivity index (χ1) is 12.2. The van der Waals surface area contributed by atoms with Crippen LogP contribution in [0.1, 0.15) is 29.2 Å². The Kier molecular flexibility index (Phi) is 5.64. The standard InChI is InChI=1S/C20H24N4O/c1-24-9-7-17(20(24)16-4-3-8-22-13-16)14-23-12-15-5-6-19(25-2)18(10-15)11-21/h3-6,8,10,13,17,20,23H,7,9,12,14H2,1-2H3/t17-,20-/m0/s1. The Bertz CT molecular complexity index is 741. The number of nitriles is 1. The van der Waals surface area contributed by atoms with E-state index in [0.29, 0.717) is 23.3 Å². The Labute approximate surface area is 149 Å². The van der Waals surface area contributed by atoms with Crippen molar-refractivity contribution in [1.29, 1.82) is 5.26 Å². The zero-order chi connectivity index (χ0) is 17.6. The number of nitrogens with zero attached hydrogens (tertiary/aromatic N) is 3. The fourth-order valence-corrected chi connectivity index (χ4v) is 3.67. The van der Waals surface area contributed by atoms with Gasteiger partial charge in [0.1, 0.15) is 11.8 Å². The summed E-state index contributed by atoms with van der Waals surface area (Å²) in [6.07, 6.45) is 4.97. The average molecular weight is 336 g/mol. The molecule has 1 aromatic heterocycles. The molecule has 1 aliphatic heterocycles. The molecule has 1 N–H and O–H groups in total. The van der Waals surface area contributed by atoms with Crippen LogP contribution in [0.3, 0.4) is 0 Å². The van der Waals surface area contributed by atoms with Crippen molar-refractivity contribution < 1.29 is 4.74 Å². The van der Waals surface area contributed by atoms with Gasteiger partial charge in [0, 0.05) is 31.5 Å². The van der Waals surface area contributed by atoms with Gasteiger partial charge in [0.05, 0.1) is 12.7 Å². The van der Waals surface area contributed by atoms with Crippen molar-refractivity contribution in [2.75, 3.05) is 27.2 Å². The van der Waals surface area contributed by atoms with Gasteiger partial charge in [-0.1, -0.05) is 12.1 Å². The summed E-state index contributed by atoms with van der Waals surface area (Å²) in [6.45, 7) is 2.80. The molecule has 0 aliphatic carbocycles. The molecule has 0 bridgehead atoms. The van der Waals surface area contributed by atoms with E-state index in [2.05, 4.69) is 34.4 Å². The van der Waals surface area contributed by atoms with E-state index in [1.54, 1.807) is 7.11 Å². The molecule has 1 fully saturated rings. The third-order valence-corrected chi connectivity index (χ3v) is 4.92. The van der Waals surface area contributed by atoms with Crippen LogP contribution in [0.5, 0.6) is 5.75 Å². The zero-order valence-corrected chi connectivity index (χ0v) is 14.8. The van der Waals surface area contributed by atoms with Crippen LogP contribution >= 0.6 is 0 Å². The Balaban J connectivity index is 1.61. The normalized spacial score (nSPS) is 20.4. The van der Waals surface area contributed by atoms with Crippen LogP contribution in [0.15, 0.2) is 42.7 Å². The zero-order valence-electron chi connectivity index (χ0n) is 14.8. The number of likely N-dealkylation sites (tertiary alicyclic amines) is 1. The lowest BCUT2D eigenvalue weighted by Crippen LogP contribution is -2.28. The summed E-state index contributed by atoms with van der Waals surface area (Å²) in [5, 5.41) is 12.8. The van der Waals surface area contributed by atoms with Crippen LogP contribution in [-0.2, 0) is 6.54 Å². The van der Waals surface area contributed by atoms with Crippen molar-refractivity contribution in [2.24, 2.45) is 5.92 Å². The highest BCUT2D eigenvalue weighted by atomic mass is 16.5. The highest BCUT2D eigenvalue weighted by Crippen LogP contribution is 2.35. The number of ether oxygens (including phenoxy) is 1. The maximum absolute atomic E-state index is 9.20. The van der Waals surface area contributed by atoms with E-state index in [9.17, 15) is 5.26 Å². The summed E-state index contributed by atoms with van der Waals surface area (Å²) >= 11 is 0. The number of benzene rings is 1. The maximum atomic E-state index is 9.20. The molecule has 0 spiro atoms. The van der Waals surface area contributed by atoms with Gasteiger partial charge in [0.25, 0.3) is 0 Å². The van der Waals surface area contributed by atoms with Crippen molar-refractivity contribution in [3.05, 3.63) is 59.4 Å². The van der Waals surface area contributed by atoms with Gasteiger partial charge >= 0.3 is 0 Å². The monoisotopic (exact) mass is 336 g/mol. The van der Waals surface area contributed by atoms with Gasteiger partial charge in [0.2, 0.25) is 0 Å². The SMILES string of the molecule is COc1ccc(CNC[C@@H]2CCN(C)[C@H]2c2cccnc2)cc1C#N. The predicted molar refractivity (Wildman–Crippen MR) is 97.1 cm³/mol. The van der Waals surface area contributed by atoms with E-state index in [4.69, 9.17) is 4.74 Å². The number of hydrogen-bond acceptors (Lipinski definition) is 5. The fraction of sp³-hybridized carbons (Fsp3) is 0.400. The lowest BCUT2D eigenvalue weighted by Gasteiger charge is -2.25. The number of methoxy groups -OCH3 is 1. The largest absolute Gasteiger partial charge is 0.495 e. The molecule has 2 atom stereocenters. The third-order valence-electron chi connectivity index (χ3n) is 4.92. The molecule has 0 saturated carbocycles. The van der Waals surface area contributed by atoms with Crippen molar-refractivity contribution in [3.63, 3.8) is 0 Å². The molecule has 1 saturated heterocycles. The maximum Gasteiger partial charge on any atom is 0.136 e. The smallest absolute Gasteiger partial charge is 0.136 e. The minimum atomic E-state index is 0.409. The van der Waals surface area contributed by atoms with Crippen LogP contribution in [0.25, 0.3) is 0 Å². The number of nitrogens with one attached hydrogen (secondary N) is 1. The Morgan fingerprint density at radius 1 is 1.40 bits per heavy atom. The van der Waals surface area contributed by atoms with Gasteiger partial charge < -0.3 is 10.1 Å². The summed E-state index contributed by atoms with van der Waals surface area (Å²) in [5.41, 5.74) is 2.96. The van der Waals surface area contributed by atoms with Crippen LogP contribution in [0.4, 0.5) is 0 Å². The molecule has 0 radical (unpaired) electrons. The van der Waals surface area contributed by atoms with Gasteiger partial charge in [-0.25, -0.2) is 0 Å². The van der Waals surface area contributed by atoms with Crippen LogP contribution < -0.4 is 10.1 Å². The van der Waals surface area contributed by atoms with Crippen molar-refractivity contribution >= 4 is 0 Å². The first kappa shape index (κ1) is 17.4. The quantitative estimate of drug-likeness (QED) is 0.879. The second-order valence-corrected chi connectivity index (χ2v) is 6.54. The van der Waals surface area contributed by atoms with Gasteiger partial charge in [0.15, 0.2) is 0 Å². The van der Waals surface area contributed by atoms with E-state index in [-0.39, 0.29) is 0 Å². The molecule has 1 aliphatic rings. The van der Waals surface area contributed by atoms with Crippen molar-refractivity contribution in [1.82, 2.24) is 15.2 Å². The highest BCUT2D eigenvalue weighted by Gasteiger charge is 2.32. The lowest BCUT2D eigenvalue weighted by molar-refractivity contribution is 0.271. The van der Waals surface area contributed by atoms with Gasteiger partial charge in [-0.2, -0.15) is 5.26 Å². The summed E-state index contributed by atoms with van der Waals surface area (Å²) in [5.74, 6) is 1.18. The van der Waals surface area contributed by atoms with Crippen molar-refractivity contribution in [3.8, 4) is 11.8 Å². The van der Waals surface area contributed by atoms with E-state index < -0.39 is 0 Å². The first-order valence-electron chi connectivity index (χ1n) is 8.61. The molecule has 25 heavy (non-hydrogen) atoms. The second-order valence-electron chi connectivity index (χ2n) is 6.54. The molecule has 5 nitrogen and oxygen atoms in total. The summed E-state index contributed by atoms with van der Waals surface area (Å²) in [7, 11) is 3.77. The van der Waals surface area contributed by atoms with E-state index in [0.717, 1.165) is 25.2 Å². The fourth-order valence-electron chi connectivity index (χ4n) is 3.67. The highest BCUT2D eigenvalue weighted by molar-refractivity contribution is 5.45. The number of hydrogen-bond donors (Lipinski definition) is 1. The number of aromatic nitrogens is 1. The van der Waals surface area contributed by atoms with Gasteiger partial charge in [-0.15, -0.1) is 0 Å². The van der Waals surface area contributed by atoms with Crippen LogP contribution in [-0.4, -0.2) is 37.1 Å². The lowest BCUT2D eigenvalue weighted by atomic mass is 9.94. The number of pyridine rings is 1. The van der Waals surface area contributed by atoms with E-state index in [1.807, 2.05) is 36.7 Å². The predicted octanol–water partition coefficient (Wildman–Crippen LogP) is 2.74. The molecule has 5 heteroatoms. The topological polar surface area (TPSA) is 61.2 Å². The summed E-state index contributed by atoms with van der Waals surface area (Å²) in [4.78, 5) is 6.68.